The average molecular weight is 212 g/mol. The smallest absolute Gasteiger partial charge is 0.400 e. The molecule has 2 atom stereocenters. The number of hydrogen-bond acceptors (Lipinski definition) is 3. The Kier molecular flexibility index (Phi) is 2.76. The monoisotopic (exact) mass is 212 g/mol. The summed E-state index contributed by atoms with van der Waals surface area (Å²) in [5.74, 6) is -0.872. The van der Waals surface area contributed by atoms with E-state index in [1.807, 2.05) is 0 Å². The minimum absolute atomic E-state index is 0.0730. The van der Waals surface area contributed by atoms with Crippen molar-refractivity contribution in [3.05, 3.63) is 0 Å². The van der Waals surface area contributed by atoms with Gasteiger partial charge in [0, 0.05) is 6.61 Å². The van der Waals surface area contributed by atoms with E-state index in [9.17, 15) is 18.0 Å². The molecule has 14 heavy (non-hydrogen) atoms. The first-order chi connectivity index (χ1) is 6.31. The molecule has 1 aliphatic heterocycles. The third-order valence-corrected chi connectivity index (χ3v) is 2.24. The molecular weight excluding hydrogens is 201 g/mol. The van der Waals surface area contributed by atoms with Crippen molar-refractivity contribution in [2.24, 2.45) is 5.41 Å². The lowest BCUT2D eigenvalue weighted by molar-refractivity contribution is -0.277. The molecule has 0 unspecified atom stereocenters. The number of hydrogen-bond donors (Lipinski definition) is 0. The molecule has 0 amide bonds. The highest BCUT2D eigenvalue weighted by Gasteiger charge is 2.63. The van der Waals surface area contributed by atoms with E-state index in [4.69, 9.17) is 4.74 Å². The molecule has 1 rings (SSSR count). The van der Waals surface area contributed by atoms with Crippen molar-refractivity contribution in [2.45, 2.75) is 32.7 Å². The SMILES string of the molecule is CCO[C@@H]1OC(=O)C[C@]1(C)C(F)(F)F. The van der Waals surface area contributed by atoms with Crippen LogP contribution in [-0.2, 0) is 14.3 Å². The van der Waals surface area contributed by atoms with Gasteiger partial charge in [0.2, 0.25) is 6.29 Å². The Labute approximate surface area is 79.2 Å². The predicted molar refractivity (Wildman–Crippen MR) is 40.3 cm³/mol. The molecule has 6 heteroatoms. The molecule has 0 spiro atoms. The molecule has 0 aromatic carbocycles. The lowest BCUT2D eigenvalue weighted by atomic mass is 9.87. The molecule has 0 bridgehead atoms. The normalized spacial score (nSPS) is 33.2. The van der Waals surface area contributed by atoms with E-state index >= 15 is 0 Å². The third-order valence-electron chi connectivity index (χ3n) is 2.24. The van der Waals surface area contributed by atoms with E-state index in [0.717, 1.165) is 6.92 Å². The first-order valence-electron chi connectivity index (χ1n) is 4.19. The first kappa shape index (κ1) is 11.3. The predicted octanol–water partition coefficient (Wildman–Crippen LogP) is 1.86. The second kappa shape index (κ2) is 3.42. The second-order valence-corrected chi connectivity index (χ2v) is 3.37. The summed E-state index contributed by atoms with van der Waals surface area (Å²) in [6, 6.07) is 0. The van der Waals surface area contributed by atoms with Gasteiger partial charge in [-0.15, -0.1) is 0 Å². The Morgan fingerprint density at radius 2 is 2.21 bits per heavy atom. The summed E-state index contributed by atoms with van der Waals surface area (Å²) < 4.78 is 47.0. The Balaban J connectivity index is 2.89. The van der Waals surface area contributed by atoms with Crippen molar-refractivity contribution >= 4 is 5.97 Å². The molecule has 1 fully saturated rings. The molecule has 1 saturated heterocycles. The summed E-state index contributed by atoms with van der Waals surface area (Å²) in [4.78, 5) is 10.8. The summed E-state index contributed by atoms with van der Waals surface area (Å²) in [5, 5.41) is 0. The van der Waals surface area contributed by atoms with Gasteiger partial charge in [0.1, 0.15) is 5.41 Å². The highest BCUT2D eigenvalue weighted by atomic mass is 19.4. The van der Waals surface area contributed by atoms with Crippen molar-refractivity contribution in [1.29, 1.82) is 0 Å². The summed E-state index contributed by atoms with van der Waals surface area (Å²) in [6.45, 7) is 2.55. The van der Waals surface area contributed by atoms with Crippen molar-refractivity contribution in [3.8, 4) is 0 Å². The van der Waals surface area contributed by atoms with Crippen molar-refractivity contribution in [2.75, 3.05) is 6.61 Å². The molecule has 0 aromatic rings. The molecule has 0 radical (unpaired) electrons. The number of esters is 1. The Bertz CT molecular complexity index is 238. The molecular formula is C8H11F3O3. The quantitative estimate of drug-likeness (QED) is 0.655. The van der Waals surface area contributed by atoms with Gasteiger partial charge in [0.05, 0.1) is 6.42 Å². The van der Waals surface area contributed by atoms with Crippen LogP contribution in [0.5, 0.6) is 0 Å². The van der Waals surface area contributed by atoms with Crippen LogP contribution in [0.3, 0.4) is 0 Å². The fraction of sp³-hybridized carbons (Fsp3) is 0.875. The van der Waals surface area contributed by atoms with Gasteiger partial charge in [-0.3, -0.25) is 4.79 Å². The van der Waals surface area contributed by atoms with Gasteiger partial charge >= 0.3 is 12.1 Å². The molecule has 1 heterocycles. The van der Waals surface area contributed by atoms with E-state index < -0.39 is 30.3 Å². The van der Waals surface area contributed by atoms with Crippen LogP contribution in [0.15, 0.2) is 0 Å². The van der Waals surface area contributed by atoms with Crippen molar-refractivity contribution < 1.29 is 27.4 Å². The van der Waals surface area contributed by atoms with E-state index in [0.29, 0.717) is 0 Å². The fourth-order valence-corrected chi connectivity index (χ4v) is 1.28. The van der Waals surface area contributed by atoms with Gasteiger partial charge in [-0.2, -0.15) is 13.2 Å². The highest BCUT2D eigenvalue weighted by molar-refractivity contribution is 5.73. The molecule has 0 N–H and O–H groups in total. The minimum Gasteiger partial charge on any atom is -0.435 e. The third kappa shape index (κ3) is 1.70. The highest BCUT2D eigenvalue weighted by Crippen LogP contribution is 2.48. The maximum atomic E-state index is 12.6. The maximum Gasteiger partial charge on any atom is 0.400 e. The van der Waals surface area contributed by atoms with Gasteiger partial charge in [-0.05, 0) is 13.8 Å². The van der Waals surface area contributed by atoms with E-state index in [2.05, 4.69) is 4.74 Å². The zero-order chi connectivity index (χ0) is 11.0. The van der Waals surface area contributed by atoms with Gasteiger partial charge in [0.15, 0.2) is 0 Å². The summed E-state index contributed by atoms with van der Waals surface area (Å²) in [7, 11) is 0. The van der Waals surface area contributed by atoms with Crippen LogP contribution in [0.1, 0.15) is 20.3 Å². The number of alkyl halides is 3. The van der Waals surface area contributed by atoms with Crippen LogP contribution in [0, 0.1) is 5.41 Å². The number of carbonyl (C=O) groups is 1. The van der Waals surface area contributed by atoms with Crippen LogP contribution in [-0.4, -0.2) is 25.0 Å². The standard InChI is InChI=1S/C8H11F3O3/c1-3-13-6-7(2,8(9,10)11)4-5(12)14-6/h6H,3-4H2,1-2H3/t6-,7+/m1/s1. The summed E-state index contributed by atoms with van der Waals surface area (Å²) >= 11 is 0. The van der Waals surface area contributed by atoms with Crippen LogP contribution in [0.2, 0.25) is 0 Å². The van der Waals surface area contributed by atoms with Crippen LogP contribution < -0.4 is 0 Å². The number of rotatable bonds is 2. The largest absolute Gasteiger partial charge is 0.435 e. The minimum atomic E-state index is -4.50. The molecule has 1 aliphatic rings. The number of halogens is 3. The Morgan fingerprint density at radius 1 is 1.64 bits per heavy atom. The zero-order valence-electron chi connectivity index (χ0n) is 7.85. The van der Waals surface area contributed by atoms with E-state index in [1.54, 1.807) is 6.92 Å². The average Bonchev–Trinajstić information content (AvgIpc) is 2.27. The maximum absolute atomic E-state index is 12.6. The fourth-order valence-electron chi connectivity index (χ4n) is 1.28. The Hall–Kier alpha value is -0.780. The van der Waals surface area contributed by atoms with Gasteiger partial charge in [-0.25, -0.2) is 0 Å². The number of carbonyl (C=O) groups excluding carboxylic acids is 1. The number of cyclic esters (lactones) is 1. The Morgan fingerprint density at radius 3 is 2.64 bits per heavy atom. The lowest BCUT2D eigenvalue weighted by Gasteiger charge is -2.29. The molecule has 0 aliphatic carbocycles. The topological polar surface area (TPSA) is 35.5 Å². The second-order valence-electron chi connectivity index (χ2n) is 3.37. The molecule has 82 valence electrons. The van der Waals surface area contributed by atoms with Crippen LogP contribution in [0.4, 0.5) is 13.2 Å². The van der Waals surface area contributed by atoms with Crippen molar-refractivity contribution in [3.63, 3.8) is 0 Å². The molecule has 0 aromatic heterocycles. The van der Waals surface area contributed by atoms with Gasteiger partial charge < -0.3 is 9.47 Å². The van der Waals surface area contributed by atoms with E-state index in [-0.39, 0.29) is 6.61 Å². The zero-order valence-corrected chi connectivity index (χ0v) is 7.85. The molecule has 3 nitrogen and oxygen atoms in total. The van der Waals surface area contributed by atoms with Crippen LogP contribution in [0.25, 0.3) is 0 Å². The molecule has 0 saturated carbocycles. The lowest BCUT2D eigenvalue weighted by Crippen LogP contribution is -2.43. The first-order valence-corrected chi connectivity index (χ1v) is 4.19. The van der Waals surface area contributed by atoms with E-state index in [1.165, 1.54) is 0 Å². The van der Waals surface area contributed by atoms with Crippen molar-refractivity contribution in [1.82, 2.24) is 0 Å². The number of ether oxygens (including phenoxy) is 2. The van der Waals surface area contributed by atoms with Gasteiger partial charge in [-0.1, -0.05) is 0 Å². The van der Waals surface area contributed by atoms with Crippen LogP contribution >= 0.6 is 0 Å². The van der Waals surface area contributed by atoms with Gasteiger partial charge in [0.25, 0.3) is 0 Å². The summed E-state index contributed by atoms with van der Waals surface area (Å²) in [6.07, 6.45) is -6.69. The summed E-state index contributed by atoms with van der Waals surface area (Å²) in [5.41, 5.74) is -2.22.